The van der Waals surface area contributed by atoms with Gasteiger partial charge in [0.05, 0.1) is 5.69 Å². The highest BCUT2D eigenvalue weighted by molar-refractivity contribution is 5.76. The number of likely N-dealkylation sites (tertiary alicyclic amines) is 1. The molecule has 1 aromatic carbocycles. The number of halogens is 2. The molecule has 1 aliphatic heterocycles. The maximum absolute atomic E-state index is 13.8. The fourth-order valence-corrected chi connectivity index (χ4v) is 3.46. The van der Waals surface area contributed by atoms with Crippen LogP contribution in [0.1, 0.15) is 36.9 Å². The van der Waals surface area contributed by atoms with E-state index in [0.29, 0.717) is 37.3 Å². The summed E-state index contributed by atoms with van der Waals surface area (Å²) in [5.41, 5.74) is 1.36. The van der Waals surface area contributed by atoms with Gasteiger partial charge >= 0.3 is 0 Å². The van der Waals surface area contributed by atoms with Crippen LogP contribution in [0.15, 0.2) is 36.8 Å². The van der Waals surface area contributed by atoms with Crippen molar-refractivity contribution in [2.75, 3.05) is 13.1 Å². The fraction of sp³-hybridized carbons (Fsp3) is 0.450. The minimum atomic E-state index is -0.552. The van der Waals surface area contributed by atoms with Crippen molar-refractivity contribution in [2.45, 2.75) is 38.5 Å². The number of nitrogens with zero attached hydrogens (tertiary/aromatic N) is 3. The van der Waals surface area contributed by atoms with Gasteiger partial charge in [0.1, 0.15) is 11.6 Å². The number of rotatable bonds is 6. The first kappa shape index (κ1) is 18.4. The van der Waals surface area contributed by atoms with E-state index >= 15 is 0 Å². The summed E-state index contributed by atoms with van der Waals surface area (Å²) >= 11 is 0. The topological polar surface area (TPSA) is 46.1 Å². The third kappa shape index (κ3) is 5.07. The van der Waals surface area contributed by atoms with Crippen LogP contribution in [-0.4, -0.2) is 33.9 Å². The molecule has 0 spiro atoms. The Kier molecular flexibility index (Phi) is 6.26. The first-order valence-electron chi connectivity index (χ1n) is 9.08. The van der Waals surface area contributed by atoms with E-state index in [-0.39, 0.29) is 5.91 Å². The maximum atomic E-state index is 13.8. The number of piperidine rings is 1. The second-order valence-electron chi connectivity index (χ2n) is 6.82. The van der Waals surface area contributed by atoms with Crippen LogP contribution in [0.2, 0.25) is 0 Å². The molecule has 1 aliphatic rings. The van der Waals surface area contributed by atoms with Crippen molar-refractivity contribution in [2.24, 2.45) is 5.92 Å². The number of carbonyl (C=O) groups excluding carboxylic acids is 1. The Morgan fingerprint density at radius 3 is 2.88 bits per heavy atom. The van der Waals surface area contributed by atoms with Crippen molar-refractivity contribution in [3.05, 3.63) is 59.7 Å². The van der Waals surface area contributed by atoms with Crippen LogP contribution < -0.4 is 0 Å². The average Bonchev–Trinajstić information content (AvgIpc) is 2.66. The van der Waals surface area contributed by atoms with Gasteiger partial charge in [-0.2, -0.15) is 0 Å². The van der Waals surface area contributed by atoms with Gasteiger partial charge in [-0.3, -0.25) is 14.8 Å². The zero-order valence-corrected chi connectivity index (χ0v) is 14.7. The molecule has 3 rings (SSSR count). The van der Waals surface area contributed by atoms with E-state index in [2.05, 4.69) is 9.97 Å². The molecule has 0 unspecified atom stereocenters. The van der Waals surface area contributed by atoms with Crippen molar-refractivity contribution >= 4 is 5.91 Å². The molecule has 4 nitrogen and oxygen atoms in total. The third-order valence-electron chi connectivity index (χ3n) is 4.92. The lowest BCUT2D eigenvalue weighted by Gasteiger charge is -2.33. The fourth-order valence-electron chi connectivity index (χ4n) is 3.46. The number of hydrogen-bond donors (Lipinski definition) is 0. The quantitative estimate of drug-likeness (QED) is 0.792. The van der Waals surface area contributed by atoms with Crippen LogP contribution in [0.25, 0.3) is 0 Å². The molecular weight excluding hydrogens is 336 g/mol. The molecule has 1 saturated heterocycles. The first-order chi connectivity index (χ1) is 12.6. The van der Waals surface area contributed by atoms with Gasteiger partial charge in [0.2, 0.25) is 5.91 Å². The highest BCUT2D eigenvalue weighted by Gasteiger charge is 2.23. The largest absolute Gasteiger partial charge is 0.342 e. The van der Waals surface area contributed by atoms with Crippen molar-refractivity contribution in [3.8, 4) is 0 Å². The summed E-state index contributed by atoms with van der Waals surface area (Å²) in [6, 6.07) is 3.73. The zero-order chi connectivity index (χ0) is 18.4. The molecule has 0 aliphatic carbocycles. The van der Waals surface area contributed by atoms with E-state index in [9.17, 15) is 13.6 Å². The number of benzene rings is 1. The molecule has 1 aromatic heterocycles. The lowest BCUT2D eigenvalue weighted by Crippen LogP contribution is -2.40. The van der Waals surface area contributed by atoms with E-state index in [1.54, 1.807) is 18.6 Å². The molecule has 0 bridgehead atoms. The first-order valence-corrected chi connectivity index (χ1v) is 9.08. The lowest BCUT2D eigenvalue weighted by atomic mass is 9.91. The van der Waals surface area contributed by atoms with Crippen molar-refractivity contribution in [1.29, 1.82) is 0 Å². The van der Waals surface area contributed by atoms with Crippen molar-refractivity contribution in [1.82, 2.24) is 14.9 Å². The summed E-state index contributed by atoms with van der Waals surface area (Å²) in [6.45, 7) is 1.49. The summed E-state index contributed by atoms with van der Waals surface area (Å²) < 4.78 is 26.7. The predicted molar refractivity (Wildman–Crippen MR) is 94.3 cm³/mol. The minimum Gasteiger partial charge on any atom is -0.342 e. The number of hydrogen-bond acceptors (Lipinski definition) is 3. The molecule has 0 N–H and O–H groups in total. The lowest BCUT2D eigenvalue weighted by molar-refractivity contribution is -0.133. The Morgan fingerprint density at radius 1 is 1.23 bits per heavy atom. The number of aromatic nitrogens is 2. The van der Waals surface area contributed by atoms with Gasteiger partial charge in [0.25, 0.3) is 0 Å². The predicted octanol–water partition coefficient (Wildman–Crippen LogP) is 3.56. The molecule has 1 atom stereocenters. The highest BCUT2D eigenvalue weighted by Crippen LogP contribution is 2.23. The van der Waals surface area contributed by atoms with Gasteiger partial charge in [-0.25, -0.2) is 8.78 Å². The molecule has 1 amide bonds. The molecule has 26 heavy (non-hydrogen) atoms. The normalized spacial score (nSPS) is 17.3. The standard InChI is InChI=1S/C20H23F2N3O/c21-17-6-5-16(19(22)12-17)4-3-15-2-1-11-25(14-15)20(26)8-7-18-13-23-9-10-24-18/h5-6,9-10,12-13,15H,1-4,7-8,11,14H2/t15-/m1/s1. The molecule has 2 heterocycles. The average molecular weight is 359 g/mol. The van der Waals surface area contributed by atoms with Crippen LogP contribution in [0, 0.1) is 17.6 Å². The number of amides is 1. The van der Waals surface area contributed by atoms with Crippen LogP contribution in [0.4, 0.5) is 8.78 Å². The SMILES string of the molecule is O=C(CCc1cnccn1)N1CCC[C@H](CCc2ccc(F)cc2F)C1. The maximum Gasteiger partial charge on any atom is 0.222 e. The Balaban J connectivity index is 1.48. The minimum absolute atomic E-state index is 0.133. The zero-order valence-electron chi connectivity index (χ0n) is 14.7. The van der Waals surface area contributed by atoms with Crippen molar-refractivity contribution in [3.63, 3.8) is 0 Å². The van der Waals surface area contributed by atoms with Gasteiger partial charge in [-0.15, -0.1) is 0 Å². The highest BCUT2D eigenvalue weighted by atomic mass is 19.1. The molecule has 0 radical (unpaired) electrons. The summed E-state index contributed by atoms with van der Waals surface area (Å²) in [6.07, 6.45) is 9.32. The Bertz CT molecular complexity index is 739. The molecule has 2 aromatic rings. The summed E-state index contributed by atoms with van der Waals surface area (Å²) in [4.78, 5) is 22.6. The van der Waals surface area contributed by atoms with Gasteiger partial charge in [-0.1, -0.05) is 6.07 Å². The third-order valence-corrected chi connectivity index (χ3v) is 4.92. The van der Waals surface area contributed by atoms with Crippen LogP contribution in [0.5, 0.6) is 0 Å². The summed E-state index contributed by atoms with van der Waals surface area (Å²) in [7, 11) is 0. The Morgan fingerprint density at radius 2 is 2.12 bits per heavy atom. The van der Waals surface area contributed by atoms with Crippen molar-refractivity contribution < 1.29 is 13.6 Å². The van der Waals surface area contributed by atoms with E-state index in [1.807, 2.05) is 4.90 Å². The second-order valence-corrected chi connectivity index (χ2v) is 6.82. The molecular formula is C20H23F2N3O. The van der Waals surface area contributed by atoms with Gasteiger partial charge in [0, 0.05) is 44.2 Å². The van der Waals surface area contributed by atoms with Crippen LogP contribution in [0.3, 0.4) is 0 Å². The van der Waals surface area contributed by atoms with E-state index in [0.717, 1.165) is 37.6 Å². The van der Waals surface area contributed by atoms with Crippen LogP contribution >= 0.6 is 0 Å². The second kappa shape index (κ2) is 8.83. The van der Waals surface area contributed by atoms with E-state index in [4.69, 9.17) is 0 Å². The number of aryl methyl sites for hydroxylation is 2. The smallest absolute Gasteiger partial charge is 0.222 e. The Hall–Kier alpha value is -2.37. The molecule has 1 fully saturated rings. The van der Waals surface area contributed by atoms with Gasteiger partial charge < -0.3 is 4.90 Å². The van der Waals surface area contributed by atoms with Gasteiger partial charge in [-0.05, 0) is 49.7 Å². The van der Waals surface area contributed by atoms with Crippen LogP contribution in [-0.2, 0) is 17.6 Å². The van der Waals surface area contributed by atoms with E-state index in [1.165, 1.54) is 12.1 Å². The van der Waals surface area contributed by atoms with Gasteiger partial charge in [0.15, 0.2) is 0 Å². The summed E-state index contributed by atoms with van der Waals surface area (Å²) in [5.74, 6) is -0.552. The molecule has 138 valence electrons. The Labute approximate surface area is 152 Å². The number of carbonyl (C=O) groups is 1. The van der Waals surface area contributed by atoms with E-state index < -0.39 is 11.6 Å². The summed E-state index contributed by atoms with van der Waals surface area (Å²) in [5, 5.41) is 0. The monoisotopic (exact) mass is 359 g/mol. The molecule has 0 saturated carbocycles. The molecule has 6 heteroatoms.